The van der Waals surface area contributed by atoms with Crippen molar-refractivity contribution in [1.29, 1.82) is 0 Å². The summed E-state index contributed by atoms with van der Waals surface area (Å²) in [6, 6.07) is 0. The Balaban J connectivity index is 2.84. The molecule has 2 heterocycles. The maximum Gasteiger partial charge on any atom is 0.331 e. The van der Waals surface area contributed by atoms with Crippen LogP contribution in [0.1, 0.15) is 5.56 Å². The number of aromatic nitrogens is 2. The summed E-state index contributed by atoms with van der Waals surface area (Å²) in [4.78, 5) is 27.1. The normalized spacial score (nSPS) is 31.0. The Labute approximate surface area is 144 Å². The molecule has 0 amide bonds. The third-order valence-electron chi connectivity index (χ3n) is 3.66. The Morgan fingerprint density at radius 2 is 2.08 bits per heavy atom. The quantitative estimate of drug-likeness (QED) is 0.417. The van der Waals surface area contributed by atoms with Crippen molar-refractivity contribution in [2.45, 2.75) is 23.4 Å². The minimum absolute atomic E-state index is 0.104. The first-order valence-electron chi connectivity index (χ1n) is 6.57. The number of halogens is 1. The van der Waals surface area contributed by atoms with E-state index in [1.54, 1.807) is 0 Å². The second-order valence-electron chi connectivity index (χ2n) is 5.18. The van der Waals surface area contributed by atoms with Crippen LogP contribution in [-0.2, 0) is 19.6 Å². The van der Waals surface area contributed by atoms with E-state index in [2.05, 4.69) is 15.9 Å². The van der Waals surface area contributed by atoms with Gasteiger partial charge in [-0.1, -0.05) is 15.9 Å². The molecule has 12 heteroatoms. The molecular formula is C12H15BrN2O8S. The summed E-state index contributed by atoms with van der Waals surface area (Å²) in [7, 11) is -4.35. The lowest BCUT2D eigenvalue weighted by molar-refractivity contribution is -0.0883. The van der Waals surface area contributed by atoms with Crippen LogP contribution in [0.4, 0.5) is 0 Å². The van der Waals surface area contributed by atoms with E-state index in [9.17, 15) is 33.3 Å². The van der Waals surface area contributed by atoms with Crippen LogP contribution < -0.4 is 11.2 Å². The molecule has 24 heavy (non-hydrogen) atoms. The van der Waals surface area contributed by atoms with Gasteiger partial charge < -0.3 is 20.1 Å². The molecule has 0 spiro atoms. The molecule has 0 aliphatic carbocycles. The van der Waals surface area contributed by atoms with Gasteiger partial charge in [-0.15, -0.1) is 0 Å². The van der Waals surface area contributed by atoms with Crippen molar-refractivity contribution >= 4 is 31.8 Å². The molecule has 0 unspecified atom stereocenters. The highest BCUT2D eigenvalue weighted by atomic mass is 79.9. The summed E-state index contributed by atoms with van der Waals surface area (Å²) >= 11 is 2.95. The summed E-state index contributed by atoms with van der Waals surface area (Å²) in [6.07, 6.45) is -2.46. The van der Waals surface area contributed by atoms with Crippen LogP contribution in [0.2, 0.25) is 0 Å². The maximum absolute atomic E-state index is 12.3. The van der Waals surface area contributed by atoms with Crippen LogP contribution in [0, 0.1) is 0 Å². The molecule has 4 atom stereocenters. The van der Waals surface area contributed by atoms with Gasteiger partial charge in [-0.05, 0) is 11.1 Å². The van der Waals surface area contributed by atoms with Gasteiger partial charge in [0.05, 0.1) is 12.2 Å². The average Bonchev–Trinajstić information content (AvgIpc) is 2.75. The fourth-order valence-corrected chi connectivity index (χ4v) is 4.16. The summed E-state index contributed by atoms with van der Waals surface area (Å²) in [6.45, 7) is -0.790. The van der Waals surface area contributed by atoms with Crippen molar-refractivity contribution in [2.24, 2.45) is 0 Å². The highest BCUT2D eigenvalue weighted by molar-refractivity contribution is 9.11. The maximum atomic E-state index is 12.3. The van der Waals surface area contributed by atoms with E-state index in [1.165, 1.54) is 11.1 Å². The molecule has 2 rings (SSSR count). The zero-order valence-corrected chi connectivity index (χ0v) is 14.7. The lowest BCUT2D eigenvalue weighted by atomic mass is 10.1. The largest absolute Gasteiger partial charge is 0.394 e. The molecule has 10 nitrogen and oxygen atoms in total. The molecule has 134 valence electrons. The predicted octanol–water partition coefficient (Wildman–Crippen LogP) is -2.33. The molecule has 0 bridgehead atoms. The monoisotopic (exact) mass is 426 g/mol. The van der Waals surface area contributed by atoms with Gasteiger partial charge in [-0.3, -0.25) is 14.3 Å². The van der Waals surface area contributed by atoms with E-state index >= 15 is 0 Å². The van der Waals surface area contributed by atoms with Crippen molar-refractivity contribution in [1.82, 2.24) is 9.55 Å². The van der Waals surface area contributed by atoms with E-state index < -0.39 is 51.1 Å². The van der Waals surface area contributed by atoms with Crippen molar-refractivity contribution in [3.63, 3.8) is 0 Å². The molecule has 0 radical (unpaired) electrons. The number of aromatic amines is 1. The number of H-pyrrole nitrogens is 1. The molecule has 1 saturated heterocycles. The van der Waals surface area contributed by atoms with Gasteiger partial charge in [0.1, 0.15) is 18.3 Å². The van der Waals surface area contributed by atoms with Crippen LogP contribution in [0.25, 0.3) is 6.08 Å². The SMILES string of the molecule is CS(=O)(=O)[C@@]1(n2cc(/C=C/Br)c(=O)[nH]c2=O)O[C@H](CO)[C@@H](O)[C@H]1O. The van der Waals surface area contributed by atoms with Gasteiger partial charge in [0.15, 0.2) is 9.84 Å². The smallest absolute Gasteiger partial charge is 0.331 e. The van der Waals surface area contributed by atoms with Crippen LogP contribution in [0.15, 0.2) is 20.8 Å². The van der Waals surface area contributed by atoms with Crippen LogP contribution in [0.5, 0.6) is 0 Å². The second-order valence-corrected chi connectivity index (χ2v) is 7.84. The second kappa shape index (κ2) is 6.54. The number of hydrogen-bond donors (Lipinski definition) is 4. The van der Waals surface area contributed by atoms with Gasteiger partial charge in [-0.25, -0.2) is 13.2 Å². The van der Waals surface area contributed by atoms with E-state index in [1.807, 2.05) is 4.98 Å². The summed E-state index contributed by atoms with van der Waals surface area (Å²) in [5.74, 6) is 0. The van der Waals surface area contributed by atoms with Gasteiger partial charge >= 0.3 is 5.69 Å². The fourth-order valence-electron chi connectivity index (χ4n) is 2.51. The van der Waals surface area contributed by atoms with Crippen molar-refractivity contribution in [3.8, 4) is 0 Å². The lowest BCUT2D eigenvalue weighted by Gasteiger charge is -2.31. The van der Waals surface area contributed by atoms with E-state index in [-0.39, 0.29) is 5.56 Å². The third kappa shape index (κ3) is 2.78. The van der Waals surface area contributed by atoms with E-state index in [4.69, 9.17) is 4.74 Å². The molecule has 1 aromatic heterocycles. The molecule has 0 saturated carbocycles. The van der Waals surface area contributed by atoms with Gasteiger partial charge in [-0.2, -0.15) is 0 Å². The zero-order valence-electron chi connectivity index (χ0n) is 12.3. The highest BCUT2D eigenvalue weighted by Crippen LogP contribution is 2.38. The Bertz CT molecular complexity index is 876. The fraction of sp³-hybridized carbons (Fsp3) is 0.500. The zero-order chi connectivity index (χ0) is 18.3. The molecule has 1 aliphatic rings. The Hall–Kier alpha value is -1.31. The number of rotatable bonds is 4. The van der Waals surface area contributed by atoms with Crippen molar-refractivity contribution in [2.75, 3.05) is 12.9 Å². The first-order chi connectivity index (χ1) is 11.1. The Morgan fingerprint density at radius 3 is 2.54 bits per heavy atom. The standard InChI is InChI=1S/C12H15BrN2O8S/c1-24(21,22)12(9(18)8(17)7(5-16)23-12)15-4-6(2-3-13)10(19)14-11(15)20/h2-4,7-9,16-18H,5H2,1H3,(H,14,19,20)/b3-2+/t7-,8-,9-,12+/m1/s1. The number of ether oxygens (including phenoxy) is 1. The number of aliphatic hydroxyl groups is 3. The third-order valence-corrected chi connectivity index (χ3v) is 5.52. The van der Waals surface area contributed by atoms with Gasteiger partial charge in [0.2, 0.25) is 0 Å². The average molecular weight is 427 g/mol. The number of hydrogen-bond acceptors (Lipinski definition) is 8. The number of aliphatic hydroxyl groups excluding tert-OH is 3. The lowest BCUT2D eigenvalue weighted by Crippen LogP contribution is -2.56. The predicted molar refractivity (Wildman–Crippen MR) is 86.1 cm³/mol. The minimum atomic E-state index is -4.35. The topological polar surface area (TPSA) is 159 Å². The van der Waals surface area contributed by atoms with Crippen LogP contribution in [0.3, 0.4) is 0 Å². The highest BCUT2D eigenvalue weighted by Gasteiger charge is 2.62. The molecule has 4 N–H and O–H groups in total. The first kappa shape index (κ1) is 19.0. The summed E-state index contributed by atoms with van der Waals surface area (Å²) < 4.78 is 30.3. The van der Waals surface area contributed by atoms with Gasteiger partial charge in [0.25, 0.3) is 10.6 Å². The van der Waals surface area contributed by atoms with Crippen molar-refractivity contribution in [3.05, 3.63) is 37.6 Å². The summed E-state index contributed by atoms with van der Waals surface area (Å²) in [5, 5.41) is 26.7. The molecule has 1 aromatic rings. The number of sulfone groups is 1. The van der Waals surface area contributed by atoms with Gasteiger partial charge in [0, 0.05) is 12.5 Å². The molecular weight excluding hydrogens is 412 g/mol. The number of nitrogens with one attached hydrogen (secondary N) is 1. The number of nitrogens with zero attached hydrogens (tertiary/aromatic N) is 1. The Morgan fingerprint density at radius 1 is 1.46 bits per heavy atom. The molecule has 1 fully saturated rings. The van der Waals surface area contributed by atoms with Crippen molar-refractivity contribution < 1.29 is 28.5 Å². The Kier molecular flexibility index (Phi) is 5.18. The van der Waals surface area contributed by atoms with Crippen LogP contribution in [-0.4, -0.2) is 64.5 Å². The van der Waals surface area contributed by atoms with Crippen LogP contribution >= 0.6 is 15.9 Å². The van der Waals surface area contributed by atoms with E-state index in [0.29, 0.717) is 10.8 Å². The summed E-state index contributed by atoms with van der Waals surface area (Å²) in [5.41, 5.74) is -2.06. The molecule has 0 aromatic carbocycles. The first-order valence-corrected chi connectivity index (χ1v) is 9.38. The van der Waals surface area contributed by atoms with E-state index in [0.717, 1.165) is 6.20 Å². The molecule has 1 aliphatic heterocycles. The minimum Gasteiger partial charge on any atom is -0.394 e.